The summed E-state index contributed by atoms with van der Waals surface area (Å²) in [5, 5.41) is 12.6. The zero-order chi connectivity index (χ0) is 15.1. The molecule has 5 nitrogen and oxygen atoms in total. The molecular formula is C14H11Cl2NO4. The Balaban J connectivity index is 1.80. The molecule has 0 radical (unpaired) electrons. The fourth-order valence-electron chi connectivity index (χ4n) is 2.71. The number of anilines is 1. The lowest BCUT2D eigenvalue weighted by Crippen LogP contribution is -2.39. The molecule has 1 saturated heterocycles. The molecule has 0 aromatic heterocycles. The molecule has 1 amide bonds. The Labute approximate surface area is 130 Å². The van der Waals surface area contributed by atoms with Crippen LogP contribution in [0.5, 0.6) is 0 Å². The van der Waals surface area contributed by atoms with E-state index in [9.17, 15) is 14.7 Å². The second-order valence-electron chi connectivity index (χ2n) is 4.96. The second-order valence-corrected chi connectivity index (χ2v) is 5.77. The van der Waals surface area contributed by atoms with E-state index in [4.69, 9.17) is 27.9 Å². The molecule has 2 aliphatic rings. The minimum atomic E-state index is -1.04. The maximum Gasteiger partial charge on any atom is 0.310 e. The summed E-state index contributed by atoms with van der Waals surface area (Å²) < 4.78 is 5.46. The van der Waals surface area contributed by atoms with Crippen molar-refractivity contribution in [1.29, 1.82) is 0 Å². The monoisotopic (exact) mass is 327 g/mol. The van der Waals surface area contributed by atoms with Gasteiger partial charge in [0.1, 0.15) is 5.92 Å². The summed E-state index contributed by atoms with van der Waals surface area (Å²) in [5.41, 5.74) is 0.463. The van der Waals surface area contributed by atoms with E-state index in [1.165, 1.54) is 6.07 Å². The van der Waals surface area contributed by atoms with Gasteiger partial charge < -0.3 is 15.2 Å². The predicted molar refractivity (Wildman–Crippen MR) is 77.5 cm³/mol. The number of carboxylic acids is 1. The quantitative estimate of drug-likeness (QED) is 0.836. The summed E-state index contributed by atoms with van der Waals surface area (Å²) in [5.74, 6) is -3.08. The van der Waals surface area contributed by atoms with Gasteiger partial charge in [0.05, 0.1) is 28.2 Å². The molecule has 2 aliphatic heterocycles. The van der Waals surface area contributed by atoms with Crippen LogP contribution in [0.2, 0.25) is 10.0 Å². The van der Waals surface area contributed by atoms with Crippen molar-refractivity contribution in [2.24, 2.45) is 11.8 Å². The van der Waals surface area contributed by atoms with Crippen molar-refractivity contribution in [3.8, 4) is 0 Å². The third kappa shape index (κ3) is 2.52. The highest BCUT2D eigenvalue weighted by Crippen LogP contribution is 2.40. The van der Waals surface area contributed by atoms with Gasteiger partial charge in [-0.2, -0.15) is 0 Å². The first kappa shape index (κ1) is 14.4. The van der Waals surface area contributed by atoms with E-state index in [0.29, 0.717) is 15.7 Å². The maximum absolute atomic E-state index is 12.4. The highest BCUT2D eigenvalue weighted by molar-refractivity contribution is 6.42. The number of aliphatic carboxylic acids is 1. The third-order valence-electron chi connectivity index (χ3n) is 3.67. The number of rotatable bonds is 3. The van der Waals surface area contributed by atoms with Crippen molar-refractivity contribution in [1.82, 2.24) is 0 Å². The van der Waals surface area contributed by atoms with Crippen LogP contribution in [-0.4, -0.2) is 29.2 Å². The number of carbonyl (C=O) groups excluding carboxylic acids is 1. The highest BCUT2D eigenvalue weighted by Gasteiger charge is 2.53. The van der Waals surface area contributed by atoms with Crippen molar-refractivity contribution in [3.05, 3.63) is 40.4 Å². The van der Waals surface area contributed by atoms with E-state index in [1.54, 1.807) is 24.3 Å². The average molecular weight is 328 g/mol. The second kappa shape index (κ2) is 5.33. The molecule has 1 aromatic carbocycles. The van der Waals surface area contributed by atoms with E-state index in [0.717, 1.165) is 0 Å². The molecule has 2 heterocycles. The Morgan fingerprint density at radius 3 is 2.38 bits per heavy atom. The molecule has 2 N–H and O–H groups in total. The first-order valence-corrected chi connectivity index (χ1v) is 7.05. The number of carbonyl (C=O) groups is 2. The predicted octanol–water partition coefficient (Wildman–Crippen LogP) is 2.59. The van der Waals surface area contributed by atoms with Gasteiger partial charge in [-0.3, -0.25) is 9.59 Å². The van der Waals surface area contributed by atoms with Crippen molar-refractivity contribution < 1.29 is 19.4 Å². The molecular weight excluding hydrogens is 317 g/mol. The van der Waals surface area contributed by atoms with Crippen molar-refractivity contribution in [2.75, 3.05) is 5.32 Å². The Bertz CT molecular complexity index is 646. The molecule has 0 spiro atoms. The SMILES string of the molecule is O=C(O)[C@@H]1[C@@H](C(=O)Nc2ccc(Cl)c(Cl)c2)[C@H]2C=C[C@@H]1O2. The fraction of sp³-hybridized carbons (Fsp3) is 0.286. The lowest BCUT2D eigenvalue weighted by molar-refractivity contribution is -0.145. The topological polar surface area (TPSA) is 75.6 Å². The van der Waals surface area contributed by atoms with Gasteiger partial charge in [0.15, 0.2) is 0 Å². The normalized spacial score (nSPS) is 29.6. The van der Waals surface area contributed by atoms with E-state index in [-0.39, 0.29) is 0 Å². The number of ether oxygens (including phenoxy) is 1. The van der Waals surface area contributed by atoms with Gasteiger partial charge in [0, 0.05) is 5.69 Å². The minimum Gasteiger partial charge on any atom is -0.481 e. The molecule has 3 rings (SSSR count). The van der Waals surface area contributed by atoms with Crippen molar-refractivity contribution >= 4 is 40.8 Å². The Morgan fingerprint density at radius 2 is 1.76 bits per heavy atom. The van der Waals surface area contributed by atoms with E-state index in [2.05, 4.69) is 5.32 Å². The third-order valence-corrected chi connectivity index (χ3v) is 4.41. The van der Waals surface area contributed by atoms with Crippen LogP contribution in [0, 0.1) is 11.8 Å². The number of halogens is 2. The number of nitrogens with one attached hydrogen (secondary N) is 1. The molecule has 1 fully saturated rings. The highest BCUT2D eigenvalue weighted by atomic mass is 35.5. The molecule has 2 bridgehead atoms. The smallest absolute Gasteiger partial charge is 0.310 e. The average Bonchev–Trinajstić information content (AvgIpc) is 3.03. The molecule has 0 unspecified atom stereocenters. The Hall–Kier alpha value is -1.56. The van der Waals surface area contributed by atoms with Crippen LogP contribution in [0.1, 0.15) is 0 Å². The van der Waals surface area contributed by atoms with Crippen LogP contribution in [0.15, 0.2) is 30.4 Å². The van der Waals surface area contributed by atoms with E-state index < -0.39 is 35.9 Å². The zero-order valence-corrected chi connectivity index (χ0v) is 12.1. The number of carboxylic acid groups (broad SMARTS) is 1. The summed E-state index contributed by atoms with van der Waals surface area (Å²) in [6, 6.07) is 4.68. The van der Waals surface area contributed by atoms with E-state index >= 15 is 0 Å². The van der Waals surface area contributed by atoms with Crippen LogP contribution in [0.25, 0.3) is 0 Å². The van der Waals surface area contributed by atoms with Gasteiger partial charge in [0.25, 0.3) is 0 Å². The van der Waals surface area contributed by atoms with Gasteiger partial charge >= 0.3 is 5.97 Å². The molecule has 0 saturated carbocycles. The van der Waals surface area contributed by atoms with Crippen LogP contribution in [0.3, 0.4) is 0 Å². The fourth-order valence-corrected chi connectivity index (χ4v) is 3.01. The molecule has 7 heteroatoms. The van der Waals surface area contributed by atoms with Crippen LogP contribution >= 0.6 is 23.2 Å². The largest absolute Gasteiger partial charge is 0.481 e. The van der Waals surface area contributed by atoms with Gasteiger partial charge in [-0.05, 0) is 18.2 Å². The number of fused-ring (bicyclic) bond motifs is 2. The number of hydrogen-bond acceptors (Lipinski definition) is 3. The molecule has 4 atom stereocenters. The maximum atomic E-state index is 12.4. The van der Waals surface area contributed by atoms with Crippen LogP contribution in [-0.2, 0) is 14.3 Å². The van der Waals surface area contributed by atoms with Gasteiger partial charge in [-0.15, -0.1) is 0 Å². The Morgan fingerprint density at radius 1 is 1.10 bits per heavy atom. The van der Waals surface area contributed by atoms with Crippen molar-refractivity contribution in [2.45, 2.75) is 12.2 Å². The van der Waals surface area contributed by atoms with Gasteiger partial charge in [-0.1, -0.05) is 35.4 Å². The summed E-state index contributed by atoms with van der Waals surface area (Å²) >= 11 is 11.7. The lowest BCUT2D eigenvalue weighted by Gasteiger charge is -2.21. The molecule has 0 aliphatic carbocycles. The summed E-state index contributed by atoms with van der Waals surface area (Å²) in [6.45, 7) is 0. The number of benzene rings is 1. The number of amides is 1. The van der Waals surface area contributed by atoms with E-state index in [1.807, 2.05) is 0 Å². The summed E-state index contributed by atoms with van der Waals surface area (Å²) in [6.07, 6.45) is 2.37. The minimum absolute atomic E-state index is 0.313. The van der Waals surface area contributed by atoms with Gasteiger partial charge in [0.2, 0.25) is 5.91 Å². The standard InChI is InChI=1S/C14H11Cl2NO4/c15-7-2-1-6(5-8(7)16)17-13(18)11-9-3-4-10(21-9)12(11)14(19)20/h1-5,9-12H,(H,17,18)(H,19,20)/t9-,10+,11+,12+/m1/s1. The first-order valence-electron chi connectivity index (χ1n) is 6.30. The van der Waals surface area contributed by atoms with Crippen LogP contribution in [0.4, 0.5) is 5.69 Å². The zero-order valence-electron chi connectivity index (χ0n) is 10.6. The van der Waals surface area contributed by atoms with Gasteiger partial charge in [-0.25, -0.2) is 0 Å². The lowest BCUT2D eigenvalue weighted by atomic mass is 9.82. The summed E-state index contributed by atoms with van der Waals surface area (Å²) in [4.78, 5) is 23.7. The molecule has 21 heavy (non-hydrogen) atoms. The number of hydrogen-bond donors (Lipinski definition) is 2. The Kier molecular flexibility index (Phi) is 3.65. The first-order chi connectivity index (χ1) is 9.97. The molecule has 1 aromatic rings. The molecule has 110 valence electrons. The van der Waals surface area contributed by atoms with Crippen LogP contribution < -0.4 is 5.32 Å². The van der Waals surface area contributed by atoms with Crippen molar-refractivity contribution in [3.63, 3.8) is 0 Å². The summed E-state index contributed by atoms with van der Waals surface area (Å²) in [7, 11) is 0.